The van der Waals surface area contributed by atoms with Gasteiger partial charge in [-0.2, -0.15) is 0 Å². The molecule has 0 aliphatic heterocycles. The van der Waals surface area contributed by atoms with Crippen molar-refractivity contribution in [3.05, 3.63) is 39.2 Å². The predicted octanol–water partition coefficient (Wildman–Crippen LogP) is 1.26. The number of hydrogen-bond donors (Lipinski definition) is 2. The molecule has 5 nitrogen and oxygen atoms in total. The van der Waals surface area contributed by atoms with Crippen molar-refractivity contribution in [2.45, 2.75) is 19.4 Å². The van der Waals surface area contributed by atoms with Gasteiger partial charge in [0.15, 0.2) is 0 Å². The average Bonchev–Trinajstić information content (AvgIpc) is 2.64. The van der Waals surface area contributed by atoms with Crippen molar-refractivity contribution < 1.29 is 14.6 Å². The zero-order valence-corrected chi connectivity index (χ0v) is 10.1. The minimum atomic E-state index is -0.956. The number of aliphatic hydroxyl groups excluding tert-OH is 2. The lowest BCUT2D eigenvalue weighted by molar-refractivity contribution is 0.147. The Morgan fingerprint density at radius 3 is 2.94 bits per heavy atom. The van der Waals surface area contributed by atoms with Crippen molar-refractivity contribution in [1.82, 2.24) is 4.57 Å². The Labute approximate surface area is 103 Å². The highest BCUT2D eigenvalue weighted by molar-refractivity contribution is 5.89. The van der Waals surface area contributed by atoms with E-state index in [-0.39, 0.29) is 17.7 Å². The Morgan fingerprint density at radius 2 is 2.22 bits per heavy atom. The molecule has 3 rings (SSSR count). The Hall–Kier alpha value is -2.01. The summed E-state index contributed by atoms with van der Waals surface area (Å²) in [5.41, 5.74) is 1.72. The van der Waals surface area contributed by atoms with Gasteiger partial charge in [-0.15, -0.1) is 0 Å². The number of aromatic nitrogens is 1. The average molecular weight is 247 g/mol. The molecule has 2 N–H and O–H groups in total. The van der Waals surface area contributed by atoms with Crippen molar-refractivity contribution in [1.29, 1.82) is 0 Å². The fraction of sp³-hybridized carbons (Fsp3) is 0.308. The normalized spacial score (nSPS) is 18.8. The summed E-state index contributed by atoms with van der Waals surface area (Å²) < 4.78 is 7.13. The van der Waals surface area contributed by atoms with Crippen molar-refractivity contribution >= 4 is 17.0 Å². The van der Waals surface area contributed by atoms with Gasteiger partial charge in [-0.25, -0.2) is 0 Å². The number of hydrogen-bond acceptors (Lipinski definition) is 4. The third-order valence-electron chi connectivity index (χ3n) is 3.45. The molecule has 2 heterocycles. The van der Waals surface area contributed by atoms with Crippen LogP contribution in [0.5, 0.6) is 0 Å². The summed E-state index contributed by atoms with van der Waals surface area (Å²) in [5, 5.41) is 19.6. The second kappa shape index (κ2) is 3.49. The lowest BCUT2D eigenvalue weighted by atomic mass is 9.99. The maximum absolute atomic E-state index is 12.2. The molecule has 1 aliphatic rings. The van der Waals surface area contributed by atoms with Crippen LogP contribution in [0.4, 0.5) is 0 Å². The molecule has 18 heavy (non-hydrogen) atoms. The molecule has 0 amide bonds. The first kappa shape index (κ1) is 11.1. The second-order valence-corrected chi connectivity index (χ2v) is 4.62. The van der Waals surface area contributed by atoms with Crippen LogP contribution >= 0.6 is 0 Å². The Bertz CT molecular complexity index is 736. The molecule has 0 saturated carbocycles. The Morgan fingerprint density at radius 1 is 1.50 bits per heavy atom. The van der Waals surface area contributed by atoms with Gasteiger partial charge < -0.3 is 19.2 Å². The lowest BCUT2D eigenvalue weighted by Gasteiger charge is -2.13. The number of furan rings is 1. The molecule has 1 aliphatic carbocycles. The highest BCUT2D eigenvalue weighted by Crippen LogP contribution is 2.31. The van der Waals surface area contributed by atoms with E-state index in [2.05, 4.69) is 0 Å². The van der Waals surface area contributed by atoms with E-state index in [1.807, 2.05) is 6.92 Å². The van der Waals surface area contributed by atoms with Crippen LogP contribution in [0.3, 0.4) is 0 Å². The first-order valence-electron chi connectivity index (χ1n) is 5.69. The van der Waals surface area contributed by atoms with Crippen LogP contribution in [0.1, 0.15) is 17.0 Å². The first-order chi connectivity index (χ1) is 8.49. The van der Waals surface area contributed by atoms with E-state index < -0.39 is 6.10 Å². The van der Waals surface area contributed by atoms with Crippen molar-refractivity contribution in [3.63, 3.8) is 0 Å². The summed E-state index contributed by atoms with van der Waals surface area (Å²) in [7, 11) is 1.69. The van der Waals surface area contributed by atoms with Gasteiger partial charge in [0.25, 0.3) is 5.56 Å². The lowest BCUT2D eigenvalue weighted by Crippen LogP contribution is -2.20. The van der Waals surface area contributed by atoms with Crippen LogP contribution in [0.15, 0.2) is 21.0 Å². The van der Waals surface area contributed by atoms with Crippen LogP contribution in [-0.2, 0) is 13.5 Å². The standard InChI is InChI=1S/C13H13NO4/c1-6-3-11-12(13(17)14(6)2)7-4-8(15)9(16)5-10(7)18-11/h3-4,9,15-16H,5H2,1-2H3. The summed E-state index contributed by atoms with van der Waals surface area (Å²) in [6.45, 7) is 1.82. The molecule has 0 spiro atoms. The zero-order valence-electron chi connectivity index (χ0n) is 10.1. The third-order valence-corrected chi connectivity index (χ3v) is 3.45. The van der Waals surface area contributed by atoms with Gasteiger partial charge in [0, 0.05) is 30.8 Å². The Balaban J connectivity index is 2.43. The van der Waals surface area contributed by atoms with Crippen LogP contribution in [0, 0.1) is 6.92 Å². The molecule has 0 fully saturated rings. The molecule has 1 unspecified atom stereocenters. The molecule has 2 aromatic heterocycles. The van der Waals surface area contributed by atoms with E-state index >= 15 is 0 Å². The van der Waals surface area contributed by atoms with Crippen LogP contribution in [-0.4, -0.2) is 20.9 Å². The summed E-state index contributed by atoms with van der Waals surface area (Å²) in [4.78, 5) is 12.2. The van der Waals surface area contributed by atoms with Gasteiger partial charge in [-0.1, -0.05) is 0 Å². The fourth-order valence-corrected chi connectivity index (χ4v) is 2.28. The molecule has 0 radical (unpaired) electrons. The number of pyridine rings is 1. The summed E-state index contributed by atoms with van der Waals surface area (Å²) in [6.07, 6.45) is 0.642. The highest BCUT2D eigenvalue weighted by Gasteiger charge is 2.26. The molecule has 5 heteroatoms. The molecular weight excluding hydrogens is 234 g/mol. The predicted molar refractivity (Wildman–Crippen MR) is 66.5 cm³/mol. The number of fused-ring (bicyclic) bond motifs is 3. The zero-order chi connectivity index (χ0) is 13.0. The van der Waals surface area contributed by atoms with Gasteiger partial charge in [-0.05, 0) is 13.0 Å². The topological polar surface area (TPSA) is 75.6 Å². The second-order valence-electron chi connectivity index (χ2n) is 4.62. The molecular formula is C13H13NO4. The van der Waals surface area contributed by atoms with E-state index in [0.717, 1.165) is 5.69 Å². The third kappa shape index (κ3) is 1.34. The number of aryl methyl sites for hydroxylation is 1. The van der Waals surface area contributed by atoms with Crippen molar-refractivity contribution in [2.75, 3.05) is 0 Å². The Kier molecular flexibility index (Phi) is 2.15. The van der Waals surface area contributed by atoms with Gasteiger partial charge >= 0.3 is 0 Å². The summed E-state index contributed by atoms with van der Waals surface area (Å²) in [5.74, 6) is 0.408. The summed E-state index contributed by atoms with van der Waals surface area (Å²) in [6, 6.07) is 1.78. The van der Waals surface area contributed by atoms with E-state index in [0.29, 0.717) is 22.3 Å². The van der Waals surface area contributed by atoms with Crippen molar-refractivity contribution in [3.8, 4) is 0 Å². The summed E-state index contributed by atoms with van der Waals surface area (Å²) >= 11 is 0. The van der Waals surface area contributed by atoms with Gasteiger partial charge in [-0.3, -0.25) is 4.79 Å². The molecule has 94 valence electrons. The monoisotopic (exact) mass is 247 g/mol. The van der Waals surface area contributed by atoms with E-state index in [9.17, 15) is 15.0 Å². The fourth-order valence-electron chi connectivity index (χ4n) is 2.28. The molecule has 2 aromatic rings. The first-order valence-corrected chi connectivity index (χ1v) is 5.69. The number of aliphatic hydroxyl groups is 2. The maximum atomic E-state index is 12.2. The highest BCUT2D eigenvalue weighted by atomic mass is 16.3. The van der Waals surface area contributed by atoms with Gasteiger partial charge in [0.1, 0.15) is 23.2 Å². The molecule has 0 bridgehead atoms. The molecule has 1 atom stereocenters. The molecule has 0 aromatic carbocycles. The van der Waals surface area contributed by atoms with E-state index in [1.165, 1.54) is 10.6 Å². The quantitative estimate of drug-likeness (QED) is 0.734. The van der Waals surface area contributed by atoms with Crippen LogP contribution < -0.4 is 5.56 Å². The largest absolute Gasteiger partial charge is 0.510 e. The maximum Gasteiger partial charge on any atom is 0.262 e. The van der Waals surface area contributed by atoms with Gasteiger partial charge in [0.2, 0.25) is 0 Å². The minimum Gasteiger partial charge on any atom is -0.510 e. The molecule has 0 saturated heterocycles. The number of nitrogens with zero attached hydrogens (tertiary/aromatic N) is 1. The van der Waals surface area contributed by atoms with E-state index in [4.69, 9.17) is 4.42 Å². The van der Waals surface area contributed by atoms with E-state index in [1.54, 1.807) is 13.1 Å². The minimum absolute atomic E-state index is 0.132. The number of rotatable bonds is 0. The van der Waals surface area contributed by atoms with Gasteiger partial charge in [0.05, 0.1) is 5.39 Å². The van der Waals surface area contributed by atoms with Crippen LogP contribution in [0.2, 0.25) is 0 Å². The van der Waals surface area contributed by atoms with Crippen molar-refractivity contribution in [2.24, 2.45) is 7.05 Å². The smallest absolute Gasteiger partial charge is 0.262 e. The SMILES string of the molecule is Cc1cc2oc3c(c2c(=O)n1C)C=C(O)C(O)C3. The van der Waals surface area contributed by atoms with Crippen LogP contribution in [0.25, 0.3) is 17.0 Å².